The van der Waals surface area contributed by atoms with Gasteiger partial charge in [-0.25, -0.2) is 0 Å². The molecule has 4 nitrogen and oxygen atoms in total. The van der Waals surface area contributed by atoms with Gasteiger partial charge in [-0.05, 0) is 24.6 Å². The molecule has 92 valence electrons. The number of benzene rings is 1. The Bertz CT molecular complexity index is 386. The molecule has 1 saturated heterocycles. The molecule has 0 spiro atoms. The molecule has 0 aliphatic carbocycles. The van der Waals surface area contributed by atoms with Crippen molar-refractivity contribution in [1.29, 1.82) is 0 Å². The van der Waals surface area contributed by atoms with Crippen LogP contribution in [0.2, 0.25) is 0 Å². The lowest BCUT2D eigenvalue weighted by Gasteiger charge is -2.26. The smallest absolute Gasteiger partial charge is 0.238 e. The average Bonchev–Trinajstić information content (AvgIpc) is 2.30. The van der Waals surface area contributed by atoms with Crippen LogP contribution in [0.25, 0.3) is 0 Å². The lowest BCUT2D eigenvalue weighted by atomic mass is 10.2. The highest BCUT2D eigenvalue weighted by molar-refractivity contribution is 5.92. The molecule has 1 aliphatic heterocycles. The number of nitrogens with one attached hydrogen (secondary N) is 2. The van der Waals surface area contributed by atoms with Crippen molar-refractivity contribution in [3.63, 3.8) is 0 Å². The van der Waals surface area contributed by atoms with Crippen LogP contribution in [0, 0.1) is 6.92 Å². The van der Waals surface area contributed by atoms with E-state index >= 15 is 0 Å². The van der Waals surface area contributed by atoms with E-state index in [4.69, 9.17) is 0 Å². The van der Waals surface area contributed by atoms with E-state index in [9.17, 15) is 4.79 Å². The van der Waals surface area contributed by atoms with E-state index in [1.807, 2.05) is 31.2 Å². The minimum absolute atomic E-state index is 0.0671. The molecule has 0 aromatic heterocycles. The van der Waals surface area contributed by atoms with Gasteiger partial charge in [-0.15, -0.1) is 0 Å². The average molecular weight is 233 g/mol. The molecule has 1 aromatic carbocycles. The van der Waals surface area contributed by atoms with Crippen LogP contribution in [0.15, 0.2) is 24.3 Å². The van der Waals surface area contributed by atoms with Crippen molar-refractivity contribution in [2.45, 2.75) is 6.92 Å². The number of amides is 1. The molecule has 4 heteroatoms. The van der Waals surface area contributed by atoms with Gasteiger partial charge in [0.15, 0.2) is 0 Å². The summed E-state index contributed by atoms with van der Waals surface area (Å²) in [5.41, 5.74) is 2.04. The standard InChI is InChI=1S/C13H19N3O/c1-11-3-2-4-12(9-11)15-13(17)10-16-7-5-14-6-8-16/h2-4,9,14H,5-8,10H2,1H3,(H,15,17). The minimum Gasteiger partial charge on any atom is -0.325 e. The molecule has 17 heavy (non-hydrogen) atoms. The van der Waals surface area contributed by atoms with Crippen LogP contribution in [0.4, 0.5) is 5.69 Å². The zero-order valence-corrected chi connectivity index (χ0v) is 10.2. The maximum atomic E-state index is 11.8. The van der Waals surface area contributed by atoms with E-state index in [-0.39, 0.29) is 5.91 Å². The number of hydrogen-bond donors (Lipinski definition) is 2. The number of carbonyl (C=O) groups is 1. The number of nitrogens with zero attached hydrogens (tertiary/aromatic N) is 1. The molecule has 0 bridgehead atoms. The molecular formula is C13H19N3O. The fraction of sp³-hybridized carbons (Fsp3) is 0.462. The van der Waals surface area contributed by atoms with Gasteiger partial charge in [0.05, 0.1) is 6.54 Å². The first-order chi connectivity index (χ1) is 8.24. The van der Waals surface area contributed by atoms with E-state index in [2.05, 4.69) is 15.5 Å². The Morgan fingerprint density at radius 2 is 2.18 bits per heavy atom. The molecule has 1 fully saturated rings. The number of carbonyl (C=O) groups excluding carboxylic acids is 1. The summed E-state index contributed by atoms with van der Waals surface area (Å²) in [5.74, 6) is 0.0671. The predicted octanol–water partition coefficient (Wildman–Crippen LogP) is 0.839. The van der Waals surface area contributed by atoms with Crippen molar-refractivity contribution in [1.82, 2.24) is 10.2 Å². The molecule has 0 atom stereocenters. The zero-order valence-electron chi connectivity index (χ0n) is 10.2. The van der Waals surface area contributed by atoms with Gasteiger partial charge in [-0.1, -0.05) is 12.1 Å². The van der Waals surface area contributed by atoms with Gasteiger partial charge in [0.2, 0.25) is 5.91 Å². The zero-order chi connectivity index (χ0) is 12.1. The Hall–Kier alpha value is -1.39. The highest BCUT2D eigenvalue weighted by Crippen LogP contribution is 2.09. The highest BCUT2D eigenvalue weighted by atomic mass is 16.2. The fourth-order valence-corrected chi connectivity index (χ4v) is 2.00. The number of piperazine rings is 1. The molecule has 0 radical (unpaired) electrons. The van der Waals surface area contributed by atoms with E-state index in [1.165, 1.54) is 0 Å². The van der Waals surface area contributed by atoms with Crippen molar-refractivity contribution >= 4 is 11.6 Å². The number of aryl methyl sites for hydroxylation is 1. The number of hydrogen-bond acceptors (Lipinski definition) is 3. The third-order valence-electron chi connectivity index (χ3n) is 2.88. The lowest BCUT2D eigenvalue weighted by molar-refractivity contribution is -0.117. The van der Waals surface area contributed by atoms with Crippen LogP contribution in [-0.2, 0) is 4.79 Å². The Labute approximate surface area is 102 Å². The van der Waals surface area contributed by atoms with Crippen molar-refractivity contribution < 1.29 is 4.79 Å². The third kappa shape index (κ3) is 3.84. The topological polar surface area (TPSA) is 44.4 Å². The Balaban J connectivity index is 1.84. The molecular weight excluding hydrogens is 214 g/mol. The van der Waals surface area contributed by atoms with Crippen molar-refractivity contribution in [3.05, 3.63) is 29.8 Å². The van der Waals surface area contributed by atoms with E-state index in [0.717, 1.165) is 37.4 Å². The van der Waals surface area contributed by atoms with Crippen LogP contribution in [0.3, 0.4) is 0 Å². The third-order valence-corrected chi connectivity index (χ3v) is 2.88. The largest absolute Gasteiger partial charge is 0.325 e. The minimum atomic E-state index is 0.0671. The molecule has 0 saturated carbocycles. The van der Waals surface area contributed by atoms with Gasteiger partial charge in [0.25, 0.3) is 0 Å². The summed E-state index contributed by atoms with van der Waals surface area (Å²) in [6.07, 6.45) is 0. The SMILES string of the molecule is Cc1cccc(NC(=O)CN2CCNCC2)c1. The first-order valence-corrected chi connectivity index (χ1v) is 6.03. The first-order valence-electron chi connectivity index (χ1n) is 6.03. The van der Waals surface area contributed by atoms with Crippen molar-refractivity contribution in [3.8, 4) is 0 Å². The highest BCUT2D eigenvalue weighted by Gasteiger charge is 2.13. The second kappa shape index (κ2) is 5.80. The quantitative estimate of drug-likeness (QED) is 0.813. The molecule has 2 N–H and O–H groups in total. The first kappa shape index (κ1) is 12.1. The van der Waals surface area contributed by atoms with Gasteiger partial charge < -0.3 is 10.6 Å². The summed E-state index contributed by atoms with van der Waals surface area (Å²) in [6, 6.07) is 7.88. The maximum Gasteiger partial charge on any atom is 0.238 e. The van der Waals surface area contributed by atoms with Crippen LogP contribution < -0.4 is 10.6 Å². The van der Waals surface area contributed by atoms with Crippen molar-refractivity contribution in [2.75, 3.05) is 38.0 Å². The van der Waals surface area contributed by atoms with Gasteiger partial charge in [0, 0.05) is 31.9 Å². The summed E-state index contributed by atoms with van der Waals surface area (Å²) < 4.78 is 0. The normalized spacial score (nSPS) is 16.8. The second-order valence-electron chi connectivity index (χ2n) is 4.44. The van der Waals surface area contributed by atoms with Crippen LogP contribution in [-0.4, -0.2) is 43.5 Å². The Kier molecular flexibility index (Phi) is 4.12. The molecule has 1 amide bonds. The summed E-state index contributed by atoms with van der Waals surface area (Å²) in [6.45, 7) is 6.33. The predicted molar refractivity (Wildman–Crippen MR) is 69.1 cm³/mol. The van der Waals surface area contributed by atoms with Crippen molar-refractivity contribution in [2.24, 2.45) is 0 Å². The van der Waals surface area contributed by atoms with E-state index in [1.54, 1.807) is 0 Å². The van der Waals surface area contributed by atoms with Crippen LogP contribution >= 0.6 is 0 Å². The van der Waals surface area contributed by atoms with Gasteiger partial charge in [-0.3, -0.25) is 9.69 Å². The lowest BCUT2D eigenvalue weighted by Crippen LogP contribution is -2.46. The summed E-state index contributed by atoms with van der Waals surface area (Å²) in [7, 11) is 0. The molecule has 1 heterocycles. The Morgan fingerprint density at radius 3 is 2.88 bits per heavy atom. The van der Waals surface area contributed by atoms with Gasteiger partial charge in [-0.2, -0.15) is 0 Å². The van der Waals surface area contributed by atoms with Gasteiger partial charge >= 0.3 is 0 Å². The summed E-state index contributed by atoms with van der Waals surface area (Å²) in [5, 5.41) is 6.20. The van der Waals surface area contributed by atoms with Gasteiger partial charge in [0.1, 0.15) is 0 Å². The summed E-state index contributed by atoms with van der Waals surface area (Å²) >= 11 is 0. The van der Waals surface area contributed by atoms with E-state index in [0.29, 0.717) is 6.54 Å². The maximum absolute atomic E-state index is 11.8. The monoisotopic (exact) mass is 233 g/mol. The summed E-state index contributed by atoms with van der Waals surface area (Å²) in [4.78, 5) is 14.0. The van der Waals surface area contributed by atoms with E-state index < -0.39 is 0 Å². The number of rotatable bonds is 3. The second-order valence-corrected chi connectivity index (χ2v) is 4.44. The Morgan fingerprint density at radius 1 is 1.41 bits per heavy atom. The molecule has 2 rings (SSSR count). The fourth-order valence-electron chi connectivity index (χ4n) is 2.00. The molecule has 0 unspecified atom stereocenters. The van der Waals surface area contributed by atoms with Crippen LogP contribution in [0.5, 0.6) is 0 Å². The number of anilines is 1. The molecule has 1 aliphatic rings. The van der Waals surface area contributed by atoms with Crippen LogP contribution in [0.1, 0.15) is 5.56 Å². The molecule has 1 aromatic rings.